The second-order valence-electron chi connectivity index (χ2n) is 9.53. The number of piperazine rings is 1. The van der Waals surface area contributed by atoms with Gasteiger partial charge in [-0.1, -0.05) is 30.3 Å². The summed E-state index contributed by atoms with van der Waals surface area (Å²) >= 11 is 0. The minimum absolute atomic E-state index is 0.0374. The van der Waals surface area contributed by atoms with Crippen molar-refractivity contribution in [2.24, 2.45) is 0 Å². The summed E-state index contributed by atoms with van der Waals surface area (Å²) in [6.07, 6.45) is -7.88. The lowest BCUT2D eigenvalue weighted by atomic mass is 10.0. The lowest BCUT2D eigenvalue weighted by molar-refractivity contribution is -0.193. The summed E-state index contributed by atoms with van der Waals surface area (Å²) < 4.78 is 95.2. The monoisotopic (exact) mass is 733 g/mol. The molecule has 0 radical (unpaired) electrons. The molecule has 1 aliphatic rings. The van der Waals surface area contributed by atoms with E-state index in [0.29, 0.717) is 5.69 Å². The van der Waals surface area contributed by atoms with E-state index in [1.807, 2.05) is 24.3 Å². The van der Waals surface area contributed by atoms with Gasteiger partial charge in [0.25, 0.3) is 0 Å². The van der Waals surface area contributed by atoms with Crippen LogP contribution >= 0.6 is 0 Å². The first-order valence-corrected chi connectivity index (χ1v) is 13.3. The number of nitrogens with zero attached hydrogens (tertiary/aromatic N) is 3. The van der Waals surface area contributed by atoms with Crippen molar-refractivity contribution in [2.75, 3.05) is 33.2 Å². The zero-order chi connectivity index (χ0) is 38.9. The number of aromatic nitrogens is 1. The largest absolute Gasteiger partial charge is 0.490 e. The van der Waals surface area contributed by atoms with E-state index in [1.165, 1.54) is 6.08 Å². The number of carboxylic acid groups (broad SMARTS) is 4. The number of benzene rings is 1. The molecule has 1 aromatic carbocycles. The van der Waals surface area contributed by atoms with Crippen molar-refractivity contribution in [1.29, 1.82) is 0 Å². The van der Waals surface area contributed by atoms with Crippen LogP contribution in [0.15, 0.2) is 54.7 Å². The molecule has 2 heterocycles. The molecule has 0 amide bonds. The van der Waals surface area contributed by atoms with Gasteiger partial charge in [-0.2, -0.15) is 39.5 Å². The molecule has 1 aliphatic heterocycles. The van der Waals surface area contributed by atoms with Crippen LogP contribution in [-0.4, -0.2) is 117 Å². The zero-order valence-corrected chi connectivity index (χ0v) is 25.5. The first-order valence-electron chi connectivity index (χ1n) is 13.3. The Morgan fingerprint density at radius 1 is 0.700 bits per heavy atom. The number of hydrogen-bond donors (Lipinski definition) is 4. The molecule has 0 atom stereocenters. The third-order valence-electron chi connectivity index (χ3n) is 5.63. The zero-order valence-electron chi connectivity index (χ0n) is 25.5. The van der Waals surface area contributed by atoms with Crippen LogP contribution in [-0.2, 0) is 25.7 Å². The van der Waals surface area contributed by atoms with Crippen LogP contribution in [0.2, 0.25) is 0 Å². The summed E-state index contributed by atoms with van der Waals surface area (Å²) in [6, 6.07) is 11.3. The first kappa shape index (κ1) is 44.7. The number of halogens is 9. The van der Waals surface area contributed by atoms with Gasteiger partial charge in [0.1, 0.15) is 0 Å². The maximum absolute atomic E-state index is 12.8. The Morgan fingerprint density at radius 2 is 1.16 bits per heavy atom. The SMILES string of the molecule is CN1CCN(Cc2ccccc2C(=O)/C=C/c2ccc(/C=C/C(=O)O)nc2)CC1.O=C(O)C(F)(F)F.O=C(O)C(F)(F)F.O=C(O)C(F)(F)F. The van der Waals surface area contributed by atoms with Gasteiger partial charge in [0.05, 0.1) is 5.69 Å². The molecule has 276 valence electrons. The molecule has 1 saturated heterocycles. The Bertz CT molecular complexity index is 1440. The second kappa shape index (κ2) is 20.3. The number of likely N-dealkylation sites (N-methyl/N-ethyl adjacent to an activating group) is 1. The van der Waals surface area contributed by atoms with Gasteiger partial charge in [-0.15, -0.1) is 0 Å². The number of carboxylic acids is 4. The fraction of sp³-hybridized carbons (Fsp3) is 0.310. The number of aliphatic carboxylic acids is 4. The van der Waals surface area contributed by atoms with Crippen molar-refractivity contribution < 1.29 is 83.9 Å². The van der Waals surface area contributed by atoms with Crippen molar-refractivity contribution in [3.63, 3.8) is 0 Å². The Morgan fingerprint density at radius 3 is 1.56 bits per heavy atom. The smallest absolute Gasteiger partial charge is 0.478 e. The van der Waals surface area contributed by atoms with E-state index in [9.17, 15) is 49.1 Å². The Hall–Kier alpha value is -5.31. The maximum Gasteiger partial charge on any atom is 0.490 e. The molecule has 50 heavy (non-hydrogen) atoms. The predicted octanol–water partition coefficient (Wildman–Crippen LogP) is 4.72. The molecule has 1 aromatic heterocycles. The van der Waals surface area contributed by atoms with Crippen molar-refractivity contribution >= 4 is 41.8 Å². The van der Waals surface area contributed by atoms with E-state index in [4.69, 9.17) is 34.8 Å². The maximum atomic E-state index is 12.8. The highest BCUT2D eigenvalue weighted by atomic mass is 19.4. The van der Waals surface area contributed by atoms with Gasteiger partial charge in [0.15, 0.2) is 5.78 Å². The fourth-order valence-corrected chi connectivity index (χ4v) is 3.18. The van der Waals surface area contributed by atoms with Gasteiger partial charge in [0, 0.05) is 50.6 Å². The van der Waals surface area contributed by atoms with Gasteiger partial charge in [0.2, 0.25) is 0 Å². The molecule has 4 N–H and O–H groups in total. The summed E-state index contributed by atoms with van der Waals surface area (Å²) in [5.74, 6) is -9.33. The highest BCUT2D eigenvalue weighted by Gasteiger charge is 2.39. The van der Waals surface area contributed by atoms with Crippen molar-refractivity contribution in [3.05, 3.63) is 77.1 Å². The summed E-state index contributed by atoms with van der Waals surface area (Å²) in [4.78, 5) is 58.9. The lowest BCUT2D eigenvalue weighted by Gasteiger charge is -2.32. The number of alkyl halides is 9. The van der Waals surface area contributed by atoms with Crippen LogP contribution in [0.5, 0.6) is 0 Å². The highest BCUT2D eigenvalue weighted by molar-refractivity contribution is 6.07. The number of rotatable bonds is 7. The fourth-order valence-electron chi connectivity index (χ4n) is 3.18. The van der Waals surface area contributed by atoms with Crippen LogP contribution < -0.4 is 0 Å². The topological polar surface area (TPSA) is 186 Å². The molecule has 0 unspecified atom stereocenters. The second-order valence-corrected chi connectivity index (χ2v) is 9.53. The normalized spacial score (nSPS) is 14.0. The van der Waals surface area contributed by atoms with Crippen LogP contribution in [0.4, 0.5) is 39.5 Å². The summed E-state index contributed by atoms with van der Waals surface area (Å²) in [7, 11) is 2.13. The average Bonchev–Trinajstić information content (AvgIpc) is 3.00. The standard InChI is InChI=1S/C23H25N3O3.3C2HF3O2/c1-25-12-14-26(15-13-25)17-19-4-2-3-5-21(19)22(27)10-7-18-6-8-20(24-16-18)9-11-23(28)29;3*3-2(4,5)1(6)7/h2-11,16H,12-15,17H2,1H3,(H,28,29);3*(H,6,7)/b10-7+,11-9+;;;. The average molecular weight is 734 g/mol. The number of ketones is 1. The molecule has 0 bridgehead atoms. The quantitative estimate of drug-likeness (QED) is 0.175. The van der Waals surface area contributed by atoms with Crippen molar-refractivity contribution in [2.45, 2.75) is 25.1 Å². The number of carbonyl (C=O) groups is 5. The van der Waals surface area contributed by atoms with E-state index in [1.54, 1.807) is 30.5 Å². The Kier molecular flexibility index (Phi) is 18.1. The number of allylic oxidation sites excluding steroid dienone is 1. The van der Waals surface area contributed by atoms with Crippen molar-refractivity contribution in [3.8, 4) is 0 Å². The van der Waals surface area contributed by atoms with Gasteiger partial charge in [-0.25, -0.2) is 19.2 Å². The molecule has 12 nitrogen and oxygen atoms in total. The lowest BCUT2D eigenvalue weighted by Crippen LogP contribution is -2.44. The molecule has 0 saturated carbocycles. The molecule has 21 heteroatoms. The molecular weight excluding hydrogens is 705 g/mol. The van der Waals surface area contributed by atoms with Gasteiger partial charge in [-0.3, -0.25) is 14.7 Å². The van der Waals surface area contributed by atoms with Crippen molar-refractivity contribution in [1.82, 2.24) is 14.8 Å². The van der Waals surface area contributed by atoms with E-state index < -0.39 is 42.4 Å². The number of pyridine rings is 1. The third kappa shape index (κ3) is 19.5. The van der Waals surface area contributed by atoms with Gasteiger partial charge in [-0.05, 0) is 42.5 Å². The molecule has 2 aromatic rings. The first-order chi connectivity index (χ1) is 22.8. The summed E-state index contributed by atoms with van der Waals surface area (Å²) in [6.45, 7) is 4.86. The third-order valence-corrected chi connectivity index (χ3v) is 5.63. The summed E-state index contributed by atoms with van der Waals surface area (Å²) in [5.41, 5.74) is 3.09. The van der Waals surface area contributed by atoms with E-state index in [0.717, 1.165) is 55.5 Å². The number of hydrogen-bond acceptors (Lipinski definition) is 8. The molecule has 0 spiro atoms. The Labute approximate surface area is 276 Å². The van der Waals surface area contributed by atoms with E-state index >= 15 is 0 Å². The van der Waals surface area contributed by atoms with Crippen LogP contribution in [0, 0.1) is 0 Å². The van der Waals surface area contributed by atoms with E-state index in [-0.39, 0.29) is 5.78 Å². The minimum atomic E-state index is -5.08. The molecule has 1 fully saturated rings. The predicted molar refractivity (Wildman–Crippen MR) is 155 cm³/mol. The Balaban J connectivity index is 0.000000928. The number of carbonyl (C=O) groups excluding carboxylic acids is 1. The molecule has 3 rings (SSSR count). The van der Waals surface area contributed by atoms with Gasteiger partial charge >= 0.3 is 42.4 Å². The van der Waals surface area contributed by atoms with Gasteiger partial charge < -0.3 is 25.3 Å². The minimum Gasteiger partial charge on any atom is -0.478 e. The highest BCUT2D eigenvalue weighted by Crippen LogP contribution is 2.16. The van der Waals surface area contributed by atoms with Crippen LogP contribution in [0.1, 0.15) is 27.2 Å². The van der Waals surface area contributed by atoms with Crippen LogP contribution in [0.25, 0.3) is 12.2 Å². The van der Waals surface area contributed by atoms with E-state index in [2.05, 4.69) is 21.8 Å². The summed E-state index contributed by atoms with van der Waals surface area (Å²) in [5, 5.41) is 30.0. The van der Waals surface area contributed by atoms with Crippen LogP contribution in [0.3, 0.4) is 0 Å². The molecule has 0 aliphatic carbocycles. The molecular formula is C29H28F9N3O9.